The second-order valence-electron chi connectivity index (χ2n) is 4.89. The summed E-state index contributed by atoms with van der Waals surface area (Å²) in [4.78, 5) is 13.9. The molecule has 0 radical (unpaired) electrons. The van der Waals surface area contributed by atoms with Crippen molar-refractivity contribution in [2.45, 2.75) is 18.5 Å². The number of benzene rings is 1. The van der Waals surface area contributed by atoms with E-state index >= 15 is 0 Å². The summed E-state index contributed by atoms with van der Waals surface area (Å²) in [6.07, 6.45) is 4.90. The van der Waals surface area contributed by atoms with E-state index in [1.54, 1.807) is 7.05 Å². The van der Waals surface area contributed by atoms with Crippen molar-refractivity contribution in [1.82, 2.24) is 10.2 Å². The van der Waals surface area contributed by atoms with E-state index in [0.717, 1.165) is 19.5 Å². The largest absolute Gasteiger partial charge is 0.358 e. The average molecular weight is 259 g/mol. The van der Waals surface area contributed by atoms with E-state index in [1.807, 2.05) is 18.2 Å². The number of carbonyl (C=O) groups is 1. The van der Waals surface area contributed by atoms with Crippen LogP contribution < -0.4 is 11.1 Å². The lowest BCUT2D eigenvalue weighted by Crippen LogP contribution is -2.41. The zero-order chi connectivity index (χ0) is 13.7. The number of nitrogens with two attached hydrogens (primary N) is 1. The summed E-state index contributed by atoms with van der Waals surface area (Å²) in [6.45, 7) is 1.53. The molecule has 1 aromatic carbocycles. The van der Waals surface area contributed by atoms with E-state index in [1.165, 1.54) is 5.56 Å². The second kappa shape index (κ2) is 6.50. The molecule has 1 aromatic rings. The molecule has 2 atom stereocenters. The highest BCUT2D eigenvalue weighted by molar-refractivity contribution is 5.81. The fourth-order valence-electron chi connectivity index (χ4n) is 2.47. The Bertz CT molecular complexity index is 444. The number of nitrogens with one attached hydrogen (secondary N) is 1. The van der Waals surface area contributed by atoms with E-state index in [-0.39, 0.29) is 18.0 Å². The van der Waals surface area contributed by atoms with Crippen LogP contribution in [0.3, 0.4) is 0 Å². The molecule has 102 valence electrons. The zero-order valence-electron chi connectivity index (χ0n) is 11.3. The van der Waals surface area contributed by atoms with Crippen LogP contribution in [-0.2, 0) is 4.79 Å². The van der Waals surface area contributed by atoms with Crippen molar-refractivity contribution in [2.75, 3.05) is 20.1 Å². The first-order valence-corrected chi connectivity index (χ1v) is 6.63. The minimum absolute atomic E-state index is 0.0565. The second-order valence-corrected chi connectivity index (χ2v) is 4.89. The fourth-order valence-corrected chi connectivity index (χ4v) is 2.47. The van der Waals surface area contributed by atoms with Gasteiger partial charge >= 0.3 is 0 Å². The smallest absolute Gasteiger partial charge is 0.237 e. The lowest BCUT2D eigenvalue weighted by molar-refractivity contribution is -0.124. The van der Waals surface area contributed by atoms with Gasteiger partial charge in [0.05, 0.1) is 6.04 Å². The number of likely N-dealkylation sites (N-methyl/N-ethyl adjacent to an activating group) is 1. The van der Waals surface area contributed by atoms with Crippen molar-refractivity contribution in [2.24, 2.45) is 5.73 Å². The predicted molar refractivity (Wildman–Crippen MR) is 77.5 cm³/mol. The van der Waals surface area contributed by atoms with Gasteiger partial charge in [-0.3, -0.25) is 9.69 Å². The van der Waals surface area contributed by atoms with Crippen molar-refractivity contribution < 1.29 is 4.79 Å². The molecule has 0 unspecified atom stereocenters. The quantitative estimate of drug-likeness (QED) is 0.842. The number of hydrogen-bond donors (Lipinski definition) is 2. The lowest BCUT2D eigenvalue weighted by atomic mass is 10.1. The van der Waals surface area contributed by atoms with Crippen molar-refractivity contribution in [3.05, 3.63) is 42.0 Å². The Morgan fingerprint density at radius 3 is 2.89 bits per heavy atom. The molecule has 19 heavy (non-hydrogen) atoms. The summed E-state index contributed by atoms with van der Waals surface area (Å²) >= 11 is 0. The van der Waals surface area contributed by atoms with Crippen LogP contribution in [0, 0.1) is 0 Å². The number of likely N-dealkylation sites (tertiary alicyclic amines) is 1. The highest BCUT2D eigenvalue weighted by Gasteiger charge is 2.33. The van der Waals surface area contributed by atoms with Crippen LogP contribution in [0.5, 0.6) is 0 Å². The van der Waals surface area contributed by atoms with Crippen LogP contribution in [0.2, 0.25) is 0 Å². The highest BCUT2D eigenvalue weighted by atomic mass is 16.2. The van der Waals surface area contributed by atoms with Gasteiger partial charge in [-0.1, -0.05) is 42.5 Å². The normalized spacial score (nSPS) is 23.9. The summed E-state index contributed by atoms with van der Waals surface area (Å²) in [5, 5.41) is 2.71. The topological polar surface area (TPSA) is 58.4 Å². The molecule has 0 spiro atoms. The number of rotatable bonds is 4. The van der Waals surface area contributed by atoms with Crippen LogP contribution in [0.15, 0.2) is 36.4 Å². The first-order chi connectivity index (χ1) is 9.20. The van der Waals surface area contributed by atoms with E-state index in [4.69, 9.17) is 5.73 Å². The molecule has 1 aliphatic rings. The molecule has 3 N–H and O–H groups in total. The first-order valence-electron chi connectivity index (χ1n) is 6.63. The summed E-state index contributed by atoms with van der Waals surface area (Å²) in [5.74, 6) is 0.0565. The van der Waals surface area contributed by atoms with Gasteiger partial charge in [0.15, 0.2) is 0 Å². The van der Waals surface area contributed by atoms with Gasteiger partial charge < -0.3 is 11.1 Å². The van der Waals surface area contributed by atoms with E-state index in [9.17, 15) is 4.79 Å². The molecule has 4 heteroatoms. The maximum absolute atomic E-state index is 11.8. The van der Waals surface area contributed by atoms with Crippen molar-refractivity contribution in [1.29, 1.82) is 0 Å². The molecule has 0 saturated carbocycles. The van der Waals surface area contributed by atoms with E-state index < -0.39 is 0 Å². The van der Waals surface area contributed by atoms with Gasteiger partial charge in [-0.05, 0) is 12.0 Å². The van der Waals surface area contributed by atoms with Crippen LogP contribution >= 0.6 is 0 Å². The van der Waals surface area contributed by atoms with Gasteiger partial charge in [0.25, 0.3) is 0 Å². The Balaban J connectivity index is 1.94. The van der Waals surface area contributed by atoms with Gasteiger partial charge in [-0.15, -0.1) is 0 Å². The number of hydrogen-bond acceptors (Lipinski definition) is 3. The van der Waals surface area contributed by atoms with E-state index in [0.29, 0.717) is 0 Å². The Morgan fingerprint density at radius 2 is 2.21 bits per heavy atom. The summed E-state index contributed by atoms with van der Waals surface area (Å²) in [6, 6.07) is 10.1. The lowest BCUT2D eigenvalue weighted by Gasteiger charge is -2.20. The van der Waals surface area contributed by atoms with Gasteiger partial charge in [0.2, 0.25) is 5.91 Å². The maximum atomic E-state index is 11.8. The first kappa shape index (κ1) is 13.8. The van der Waals surface area contributed by atoms with Crippen LogP contribution in [0.25, 0.3) is 6.08 Å². The van der Waals surface area contributed by atoms with Crippen molar-refractivity contribution in [3.63, 3.8) is 0 Å². The third-order valence-electron chi connectivity index (χ3n) is 3.43. The zero-order valence-corrected chi connectivity index (χ0v) is 11.3. The minimum atomic E-state index is -0.0968. The summed E-state index contributed by atoms with van der Waals surface area (Å²) < 4.78 is 0. The van der Waals surface area contributed by atoms with Gasteiger partial charge in [0, 0.05) is 26.2 Å². The van der Waals surface area contributed by atoms with E-state index in [2.05, 4.69) is 34.5 Å². The van der Waals surface area contributed by atoms with Crippen LogP contribution in [0.4, 0.5) is 0 Å². The molecular formula is C15H21N3O. The summed E-state index contributed by atoms with van der Waals surface area (Å²) in [7, 11) is 1.67. The molecule has 4 nitrogen and oxygen atoms in total. The predicted octanol–water partition coefficient (Wildman–Crippen LogP) is 0.847. The number of carbonyl (C=O) groups excluding carboxylic acids is 1. The van der Waals surface area contributed by atoms with Crippen LogP contribution in [-0.4, -0.2) is 43.0 Å². The monoisotopic (exact) mass is 259 g/mol. The molecule has 1 heterocycles. The molecule has 1 amide bonds. The average Bonchev–Trinajstić information content (AvgIpc) is 2.80. The van der Waals surface area contributed by atoms with Crippen LogP contribution in [0.1, 0.15) is 12.0 Å². The molecule has 1 saturated heterocycles. The molecule has 0 bridgehead atoms. The number of amides is 1. The molecule has 0 aromatic heterocycles. The summed E-state index contributed by atoms with van der Waals surface area (Å²) in [5.41, 5.74) is 7.11. The van der Waals surface area contributed by atoms with Crippen molar-refractivity contribution in [3.8, 4) is 0 Å². The molecule has 0 aliphatic carbocycles. The molecule has 1 aliphatic heterocycles. The SMILES string of the molecule is CNC(=O)[C@@H]1C[C@H](N)CN1CC=Cc1ccccc1. The highest BCUT2D eigenvalue weighted by Crippen LogP contribution is 2.16. The third kappa shape index (κ3) is 3.66. The molecular weight excluding hydrogens is 238 g/mol. The Labute approximate surface area is 114 Å². The fraction of sp³-hybridized carbons (Fsp3) is 0.400. The Hall–Kier alpha value is -1.65. The standard InChI is InChI=1S/C15H21N3O/c1-17-15(19)14-10-13(16)11-18(14)9-5-8-12-6-3-2-4-7-12/h2-8,13-14H,9-11,16H2,1H3,(H,17,19)/t13-,14-/m0/s1. The Kier molecular flexibility index (Phi) is 4.71. The Morgan fingerprint density at radius 1 is 1.47 bits per heavy atom. The van der Waals surface area contributed by atoms with Gasteiger partial charge in [0.1, 0.15) is 0 Å². The number of nitrogens with zero attached hydrogens (tertiary/aromatic N) is 1. The third-order valence-corrected chi connectivity index (χ3v) is 3.43. The minimum Gasteiger partial charge on any atom is -0.358 e. The van der Waals surface area contributed by atoms with Gasteiger partial charge in [-0.25, -0.2) is 0 Å². The molecule has 2 rings (SSSR count). The van der Waals surface area contributed by atoms with Gasteiger partial charge in [-0.2, -0.15) is 0 Å². The maximum Gasteiger partial charge on any atom is 0.237 e. The molecule has 1 fully saturated rings. The van der Waals surface area contributed by atoms with Crippen molar-refractivity contribution >= 4 is 12.0 Å².